The third kappa shape index (κ3) is 3.90. The third-order valence-corrected chi connectivity index (χ3v) is 5.44. The minimum Gasteiger partial charge on any atom is -0.352 e. The predicted molar refractivity (Wildman–Crippen MR) is 97.0 cm³/mol. The van der Waals surface area contributed by atoms with Gasteiger partial charge in [-0.15, -0.1) is 11.3 Å². The van der Waals surface area contributed by atoms with Crippen LogP contribution in [0.3, 0.4) is 0 Å². The lowest BCUT2D eigenvalue weighted by Gasteiger charge is -2.14. The zero-order valence-corrected chi connectivity index (χ0v) is 14.9. The van der Waals surface area contributed by atoms with Gasteiger partial charge in [0, 0.05) is 19.0 Å². The average Bonchev–Trinajstić information content (AvgIpc) is 2.98. The number of amides is 1. The molecule has 0 radical (unpaired) electrons. The van der Waals surface area contributed by atoms with Gasteiger partial charge in [-0.25, -0.2) is 4.98 Å². The second kappa shape index (κ2) is 7.26. The number of nitrogens with zero attached hydrogens (tertiary/aromatic N) is 1. The van der Waals surface area contributed by atoms with Crippen LogP contribution in [0.25, 0.3) is 6.08 Å². The molecule has 4 nitrogen and oxygen atoms in total. The summed E-state index contributed by atoms with van der Waals surface area (Å²) in [6.07, 6.45) is 11.9. The Morgan fingerprint density at radius 3 is 2.96 bits per heavy atom. The minimum absolute atomic E-state index is 0.00753. The van der Waals surface area contributed by atoms with E-state index in [1.54, 1.807) is 0 Å². The molecular formula is C19H22N2O2S. The van der Waals surface area contributed by atoms with E-state index in [4.69, 9.17) is 0 Å². The molecule has 0 bridgehead atoms. The molecule has 1 aromatic rings. The summed E-state index contributed by atoms with van der Waals surface area (Å²) in [5.74, 6) is 0.561. The van der Waals surface area contributed by atoms with Crippen LogP contribution < -0.4 is 5.32 Å². The Morgan fingerprint density at radius 2 is 2.21 bits per heavy atom. The van der Waals surface area contributed by atoms with E-state index in [-0.39, 0.29) is 11.7 Å². The van der Waals surface area contributed by atoms with Gasteiger partial charge >= 0.3 is 0 Å². The predicted octanol–water partition coefficient (Wildman–Crippen LogP) is 3.70. The second-order valence-corrected chi connectivity index (χ2v) is 7.45. The number of Topliss-reactive ketones (excluding diaryl/α,β-unsaturated/α-hetero) is 1. The van der Waals surface area contributed by atoms with Crippen LogP contribution in [0, 0.1) is 5.92 Å². The second-order valence-electron chi connectivity index (χ2n) is 6.42. The normalized spacial score (nSPS) is 19.3. The highest BCUT2D eigenvalue weighted by atomic mass is 32.1. The molecule has 5 heteroatoms. The fourth-order valence-electron chi connectivity index (χ4n) is 2.99. The highest BCUT2D eigenvalue weighted by Crippen LogP contribution is 2.29. The summed E-state index contributed by atoms with van der Waals surface area (Å²) in [6, 6.07) is 0. The molecule has 24 heavy (non-hydrogen) atoms. The van der Waals surface area contributed by atoms with Crippen LogP contribution in [-0.4, -0.2) is 23.2 Å². The van der Waals surface area contributed by atoms with E-state index >= 15 is 0 Å². The van der Waals surface area contributed by atoms with Gasteiger partial charge in [-0.2, -0.15) is 0 Å². The number of carbonyl (C=O) groups is 2. The van der Waals surface area contributed by atoms with Crippen molar-refractivity contribution in [3.8, 4) is 0 Å². The first-order chi connectivity index (χ1) is 11.5. The zero-order valence-electron chi connectivity index (χ0n) is 14.1. The number of nitrogens with one attached hydrogen (secondary N) is 1. The number of fused-ring (bicyclic) bond motifs is 1. The molecule has 3 rings (SSSR count). The van der Waals surface area contributed by atoms with Crippen LogP contribution in [0.15, 0.2) is 29.4 Å². The number of rotatable bonds is 5. The van der Waals surface area contributed by atoms with Crippen LogP contribution in [-0.2, 0) is 11.2 Å². The number of hydrogen-bond acceptors (Lipinski definition) is 4. The molecule has 2 aliphatic rings. The number of aromatic nitrogens is 1. The van der Waals surface area contributed by atoms with Crippen molar-refractivity contribution >= 4 is 29.1 Å². The van der Waals surface area contributed by atoms with Crippen molar-refractivity contribution in [2.45, 2.75) is 39.5 Å². The van der Waals surface area contributed by atoms with Crippen molar-refractivity contribution in [3.63, 3.8) is 0 Å². The standard InChI is InChI=1S/C19H22N2O2S/c1-12-4-3-5-14(10-12)8-9-20-18(23)15-6-7-16-17(11-15)24-19(21-16)13(2)22/h3,5,10-12H,4,6-9H2,1-2H3,(H,20,23). The van der Waals surface area contributed by atoms with Crippen molar-refractivity contribution in [3.05, 3.63) is 45.0 Å². The molecule has 1 unspecified atom stereocenters. The highest BCUT2D eigenvalue weighted by Gasteiger charge is 2.20. The molecule has 0 saturated heterocycles. The van der Waals surface area contributed by atoms with Gasteiger partial charge in [-0.1, -0.05) is 30.7 Å². The minimum atomic E-state index is -0.0168. The first-order valence-corrected chi connectivity index (χ1v) is 9.21. The summed E-state index contributed by atoms with van der Waals surface area (Å²) in [7, 11) is 0. The lowest BCUT2D eigenvalue weighted by molar-refractivity contribution is -0.117. The molecule has 0 fully saturated rings. The molecule has 1 amide bonds. The maximum Gasteiger partial charge on any atom is 0.247 e. The van der Waals surface area contributed by atoms with E-state index in [1.165, 1.54) is 23.8 Å². The maximum absolute atomic E-state index is 12.4. The Balaban J connectivity index is 1.58. The molecule has 0 spiro atoms. The Labute approximate surface area is 146 Å². The Morgan fingerprint density at radius 1 is 1.38 bits per heavy atom. The van der Waals surface area contributed by atoms with E-state index in [9.17, 15) is 9.59 Å². The van der Waals surface area contributed by atoms with Gasteiger partial charge in [0.15, 0.2) is 10.8 Å². The molecule has 0 aliphatic heterocycles. The SMILES string of the molecule is CC(=O)c1nc2c(s1)C=C(C(=O)NCCC1=CC(C)CC=C1)CC2. The van der Waals surface area contributed by atoms with Crippen molar-refractivity contribution in [1.82, 2.24) is 10.3 Å². The topological polar surface area (TPSA) is 59.1 Å². The van der Waals surface area contributed by atoms with Gasteiger partial charge in [0.25, 0.3) is 0 Å². The van der Waals surface area contributed by atoms with Crippen LogP contribution in [0.1, 0.15) is 53.5 Å². The summed E-state index contributed by atoms with van der Waals surface area (Å²) in [6.45, 7) is 4.38. The average molecular weight is 342 g/mol. The van der Waals surface area contributed by atoms with E-state index in [0.717, 1.165) is 35.4 Å². The monoisotopic (exact) mass is 342 g/mol. The van der Waals surface area contributed by atoms with E-state index in [0.29, 0.717) is 23.9 Å². The van der Waals surface area contributed by atoms with Gasteiger partial charge in [-0.3, -0.25) is 9.59 Å². The molecule has 1 atom stereocenters. The summed E-state index contributed by atoms with van der Waals surface area (Å²) in [4.78, 5) is 29.1. The number of allylic oxidation sites excluding steroid dienone is 3. The molecule has 1 N–H and O–H groups in total. The van der Waals surface area contributed by atoms with Crippen molar-refractivity contribution in [1.29, 1.82) is 0 Å². The molecule has 0 saturated carbocycles. The largest absolute Gasteiger partial charge is 0.352 e. The van der Waals surface area contributed by atoms with Crippen molar-refractivity contribution in [2.24, 2.45) is 5.92 Å². The fourth-order valence-corrected chi connectivity index (χ4v) is 3.97. The quantitative estimate of drug-likeness (QED) is 0.830. The van der Waals surface area contributed by atoms with Gasteiger partial charge in [-0.05, 0) is 37.7 Å². The van der Waals surface area contributed by atoms with E-state index in [1.807, 2.05) is 6.08 Å². The van der Waals surface area contributed by atoms with Crippen LogP contribution in [0.2, 0.25) is 0 Å². The number of ketones is 1. The number of aryl methyl sites for hydroxylation is 1. The molecule has 126 valence electrons. The molecule has 1 heterocycles. The van der Waals surface area contributed by atoms with Crippen LogP contribution in [0.5, 0.6) is 0 Å². The fraction of sp³-hybridized carbons (Fsp3) is 0.421. The third-order valence-electron chi connectivity index (χ3n) is 4.29. The number of hydrogen-bond donors (Lipinski definition) is 1. The van der Waals surface area contributed by atoms with Gasteiger partial charge < -0.3 is 5.32 Å². The first-order valence-electron chi connectivity index (χ1n) is 8.39. The van der Waals surface area contributed by atoms with Crippen LogP contribution in [0.4, 0.5) is 0 Å². The lowest BCUT2D eigenvalue weighted by Crippen LogP contribution is -2.27. The first kappa shape index (κ1) is 16.8. The Kier molecular flexibility index (Phi) is 5.09. The van der Waals surface area contributed by atoms with Gasteiger partial charge in [0.2, 0.25) is 5.91 Å². The smallest absolute Gasteiger partial charge is 0.247 e. The summed E-state index contributed by atoms with van der Waals surface area (Å²) in [5.41, 5.74) is 3.01. The van der Waals surface area contributed by atoms with E-state index < -0.39 is 0 Å². The van der Waals surface area contributed by atoms with Gasteiger partial charge in [0.1, 0.15) is 0 Å². The number of carbonyl (C=O) groups excluding carboxylic acids is 2. The van der Waals surface area contributed by atoms with Gasteiger partial charge in [0.05, 0.1) is 10.6 Å². The highest BCUT2D eigenvalue weighted by molar-refractivity contribution is 7.14. The molecule has 2 aliphatic carbocycles. The van der Waals surface area contributed by atoms with Crippen molar-refractivity contribution < 1.29 is 9.59 Å². The molecular weight excluding hydrogens is 320 g/mol. The maximum atomic E-state index is 12.4. The molecule has 0 aromatic carbocycles. The van der Waals surface area contributed by atoms with E-state index in [2.05, 4.69) is 35.5 Å². The van der Waals surface area contributed by atoms with Crippen LogP contribution >= 0.6 is 11.3 Å². The Hall–Kier alpha value is -2.01. The summed E-state index contributed by atoms with van der Waals surface area (Å²) >= 11 is 1.38. The zero-order chi connectivity index (χ0) is 17.1. The lowest BCUT2D eigenvalue weighted by atomic mass is 9.96. The number of thiazole rings is 1. The summed E-state index contributed by atoms with van der Waals surface area (Å²) < 4.78 is 0. The Bertz CT molecular complexity index is 755. The molecule has 1 aromatic heterocycles. The van der Waals surface area contributed by atoms with Crippen molar-refractivity contribution in [2.75, 3.05) is 6.54 Å². The summed E-state index contributed by atoms with van der Waals surface area (Å²) in [5, 5.41) is 3.54.